The molecule has 1 spiro atoms. The largest absolute Gasteiger partial charge is 0.360 e. The average Bonchev–Trinajstić information content (AvgIpc) is 3.23. The van der Waals surface area contributed by atoms with E-state index in [4.69, 9.17) is 4.52 Å². The third-order valence-corrected chi connectivity index (χ3v) is 6.84. The number of rotatable bonds is 4. The minimum atomic E-state index is -0.876. The summed E-state index contributed by atoms with van der Waals surface area (Å²) in [6, 6.07) is 1.16. The fourth-order valence-corrected chi connectivity index (χ4v) is 5.50. The van der Waals surface area contributed by atoms with E-state index in [0.29, 0.717) is 62.2 Å². The molecule has 5 amide bonds. The van der Waals surface area contributed by atoms with Crippen LogP contribution in [0.5, 0.6) is 0 Å². The van der Waals surface area contributed by atoms with E-state index in [1.165, 1.54) is 0 Å². The fourth-order valence-electron chi connectivity index (χ4n) is 5.50. The first-order valence-corrected chi connectivity index (χ1v) is 11.3. The van der Waals surface area contributed by atoms with Crippen LogP contribution in [0.4, 0.5) is 10.6 Å². The van der Waals surface area contributed by atoms with Gasteiger partial charge in [0.2, 0.25) is 11.8 Å². The second-order valence-corrected chi connectivity index (χ2v) is 9.72. The van der Waals surface area contributed by atoms with E-state index in [9.17, 15) is 19.2 Å². The summed E-state index contributed by atoms with van der Waals surface area (Å²) in [5.41, 5.74) is -0.876. The first-order chi connectivity index (χ1) is 15.2. The molecule has 1 aliphatic carbocycles. The van der Waals surface area contributed by atoms with Crippen LogP contribution in [-0.4, -0.2) is 63.9 Å². The smallest absolute Gasteiger partial charge is 0.325 e. The third kappa shape index (κ3) is 4.35. The number of likely N-dealkylation sites (tertiary alicyclic amines) is 1. The topological polar surface area (TPSA) is 125 Å². The highest BCUT2D eigenvalue weighted by atomic mass is 16.5. The molecule has 32 heavy (non-hydrogen) atoms. The number of amides is 5. The number of carbonyl (C=O) groups excluding carboxylic acids is 4. The molecule has 1 aromatic rings. The van der Waals surface area contributed by atoms with Gasteiger partial charge >= 0.3 is 6.03 Å². The number of carbonyl (C=O) groups is 4. The van der Waals surface area contributed by atoms with Crippen LogP contribution in [0.3, 0.4) is 0 Å². The predicted octanol–water partition coefficient (Wildman–Crippen LogP) is 1.91. The minimum absolute atomic E-state index is 0.151. The molecule has 1 saturated carbocycles. The van der Waals surface area contributed by atoms with Gasteiger partial charge in [0.05, 0.1) is 0 Å². The molecule has 1 aromatic heterocycles. The molecule has 3 heterocycles. The van der Waals surface area contributed by atoms with Crippen molar-refractivity contribution in [2.45, 2.75) is 58.4 Å². The van der Waals surface area contributed by atoms with E-state index in [2.05, 4.69) is 29.6 Å². The zero-order valence-corrected chi connectivity index (χ0v) is 18.8. The summed E-state index contributed by atoms with van der Waals surface area (Å²) in [5, 5.41) is 9.38. The van der Waals surface area contributed by atoms with Gasteiger partial charge in [-0.25, -0.2) is 4.79 Å². The van der Waals surface area contributed by atoms with Gasteiger partial charge in [-0.15, -0.1) is 0 Å². The normalized spacial score (nSPS) is 28.8. The number of hydrogen-bond acceptors (Lipinski definition) is 6. The molecule has 0 bridgehead atoms. The zero-order valence-electron chi connectivity index (χ0n) is 18.8. The Morgan fingerprint density at radius 2 is 1.88 bits per heavy atom. The molecule has 2 N–H and O–H groups in total. The highest BCUT2D eigenvalue weighted by Crippen LogP contribution is 2.39. The second kappa shape index (κ2) is 8.55. The number of aryl methyl sites for hydroxylation is 1. The number of piperidine rings is 1. The monoisotopic (exact) mass is 445 g/mol. The van der Waals surface area contributed by atoms with Crippen LogP contribution in [-0.2, 0) is 14.4 Å². The molecule has 10 nitrogen and oxygen atoms in total. The van der Waals surface area contributed by atoms with Gasteiger partial charge in [0.15, 0.2) is 5.82 Å². The number of anilines is 1. The Labute approximate surface area is 187 Å². The minimum Gasteiger partial charge on any atom is -0.360 e. The van der Waals surface area contributed by atoms with Crippen LogP contribution in [0, 0.1) is 24.7 Å². The van der Waals surface area contributed by atoms with E-state index in [-0.39, 0.29) is 30.2 Å². The Morgan fingerprint density at radius 1 is 1.22 bits per heavy atom. The van der Waals surface area contributed by atoms with Gasteiger partial charge in [-0.2, -0.15) is 0 Å². The van der Waals surface area contributed by atoms with Crippen molar-refractivity contribution in [3.8, 4) is 0 Å². The summed E-state index contributed by atoms with van der Waals surface area (Å²) in [4.78, 5) is 53.7. The maximum Gasteiger partial charge on any atom is 0.325 e. The Morgan fingerprint density at radius 3 is 2.47 bits per heavy atom. The molecule has 2 atom stereocenters. The van der Waals surface area contributed by atoms with Gasteiger partial charge in [0.25, 0.3) is 5.91 Å². The molecule has 0 unspecified atom stereocenters. The van der Waals surface area contributed by atoms with Crippen molar-refractivity contribution in [3.05, 3.63) is 11.8 Å². The lowest BCUT2D eigenvalue weighted by molar-refractivity contribution is -0.141. The third-order valence-electron chi connectivity index (χ3n) is 6.84. The van der Waals surface area contributed by atoms with Crippen molar-refractivity contribution in [2.24, 2.45) is 17.8 Å². The standard InChI is InChI=1S/C22H31N5O5/c1-13-8-14(2)11-22(10-13)20(30)27(21(31)24-22)12-18(28)26-6-4-16(5-7-26)19(29)23-17-9-15(3)32-25-17/h9,13-14,16H,4-8,10-12H2,1-3H3,(H,24,31)(H,23,25,29)/t13-,14-/m0/s1. The first-order valence-electron chi connectivity index (χ1n) is 11.3. The SMILES string of the molecule is Cc1cc(NC(=O)C2CCN(C(=O)CN3C(=O)NC4(C[C@@H](C)C[C@H](C)C4)C3=O)CC2)no1. The molecular weight excluding hydrogens is 414 g/mol. The summed E-state index contributed by atoms with van der Waals surface area (Å²) in [6.45, 7) is 6.47. The summed E-state index contributed by atoms with van der Waals surface area (Å²) in [7, 11) is 0. The summed E-state index contributed by atoms with van der Waals surface area (Å²) in [5.74, 6) is 0.725. The molecule has 2 aliphatic heterocycles. The molecular formula is C22H31N5O5. The van der Waals surface area contributed by atoms with Crippen LogP contribution in [0.15, 0.2) is 10.6 Å². The van der Waals surface area contributed by atoms with Crippen molar-refractivity contribution >= 4 is 29.6 Å². The molecule has 174 valence electrons. The Balaban J connectivity index is 1.30. The van der Waals surface area contributed by atoms with Crippen LogP contribution in [0.25, 0.3) is 0 Å². The second-order valence-electron chi connectivity index (χ2n) is 9.72. The number of aromatic nitrogens is 1. The molecule has 0 radical (unpaired) electrons. The van der Waals surface area contributed by atoms with Crippen LogP contribution < -0.4 is 10.6 Å². The van der Waals surface area contributed by atoms with Gasteiger partial charge in [-0.1, -0.05) is 19.0 Å². The Bertz CT molecular complexity index is 910. The quantitative estimate of drug-likeness (QED) is 0.682. The number of imide groups is 1. The number of nitrogens with one attached hydrogen (secondary N) is 2. The van der Waals surface area contributed by atoms with Crippen LogP contribution in [0.2, 0.25) is 0 Å². The predicted molar refractivity (Wildman–Crippen MR) is 114 cm³/mol. The molecule has 2 saturated heterocycles. The average molecular weight is 446 g/mol. The molecule has 3 fully saturated rings. The summed E-state index contributed by atoms with van der Waals surface area (Å²) >= 11 is 0. The lowest BCUT2D eigenvalue weighted by atomic mass is 9.71. The van der Waals surface area contributed by atoms with E-state index in [1.54, 1.807) is 17.9 Å². The molecule has 0 aromatic carbocycles. The first kappa shape index (κ1) is 22.3. The van der Waals surface area contributed by atoms with E-state index >= 15 is 0 Å². The van der Waals surface area contributed by atoms with E-state index in [0.717, 1.165) is 11.3 Å². The highest BCUT2D eigenvalue weighted by Gasteiger charge is 2.54. The van der Waals surface area contributed by atoms with Crippen molar-refractivity contribution in [3.63, 3.8) is 0 Å². The van der Waals surface area contributed by atoms with Crippen molar-refractivity contribution in [1.29, 1.82) is 0 Å². The highest BCUT2D eigenvalue weighted by molar-refractivity contribution is 6.09. The Kier molecular flexibility index (Phi) is 5.96. The van der Waals surface area contributed by atoms with E-state index < -0.39 is 11.6 Å². The molecule has 3 aliphatic rings. The van der Waals surface area contributed by atoms with Crippen molar-refractivity contribution in [2.75, 3.05) is 25.0 Å². The van der Waals surface area contributed by atoms with E-state index in [1.807, 2.05) is 0 Å². The maximum absolute atomic E-state index is 13.1. The molecule has 4 rings (SSSR count). The van der Waals surface area contributed by atoms with Crippen molar-refractivity contribution in [1.82, 2.24) is 20.3 Å². The van der Waals surface area contributed by atoms with Crippen molar-refractivity contribution < 1.29 is 23.7 Å². The number of nitrogens with zero attached hydrogens (tertiary/aromatic N) is 3. The fraction of sp³-hybridized carbons (Fsp3) is 0.682. The molecule has 10 heteroatoms. The number of hydrogen-bond donors (Lipinski definition) is 2. The lowest BCUT2D eigenvalue weighted by Gasteiger charge is -2.38. The van der Waals surface area contributed by atoms with Gasteiger partial charge in [0.1, 0.15) is 17.8 Å². The van der Waals surface area contributed by atoms with Crippen LogP contribution >= 0.6 is 0 Å². The summed E-state index contributed by atoms with van der Waals surface area (Å²) in [6.07, 6.45) is 3.26. The number of urea groups is 1. The zero-order chi connectivity index (χ0) is 23.0. The van der Waals surface area contributed by atoms with Gasteiger partial charge in [-0.05, 0) is 50.9 Å². The lowest BCUT2D eigenvalue weighted by Crippen LogP contribution is -2.52. The Hall–Kier alpha value is -2.91. The van der Waals surface area contributed by atoms with Gasteiger partial charge in [0, 0.05) is 25.1 Å². The van der Waals surface area contributed by atoms with Gasteiger partial charge in [-0.3, -0.25) is 19.3 Å². The maximum atomic E-state index is 13.1. The van der Waals surface area contributed by atoms with Gasteiger partial charge < -0.3 is 20.1 Å². The summed E-state index contributed by atoms with van der Waals surface area (Å²) < 4.78 is 4.95. The van der Waals surface area contributed by atoms with Crippen LogP contribution in [0.1, 0.15) is 51.7 Å².